The Bertz CT molecular complexity index is 697. The van der Waals surface area contributed by atoms with E-state index in [0.717, 1.165) is 42.9 Å². The van der Waals surface area contributed by atoms with E-state index in [1.165, 1.54) is 88.7 Å². The van der Waals surface area contributed by atoms with Gasteiger partial charge in [0.2, 0.25) is 0 Å². The number of rotatable bonds is 10. The maximum absolute atomic E-state index is 12.9. The summed E-state index contributed by atoms with van der Waals surface area (Å²) in [6.07, 6.45) is 21.0. The lowest BCUT2D eigenvalue weighted by Crippen LogP contribution is -2.15. The molecule has 0 aliphatic heterocycles. The van der Waals surface area contributed by atoms with Gasteiger partial charge < -0.3 is 0 Å². The summed E-state index contributed by atoms with van der Waals surface area (Å²) in [6.45, 7) is 2.23. The zero-order valence-corrected chi connectivity index (χ0v) is 19.6. The standard InChI is InChI=1S/C29H42FN/c1-2-23-14-18-27(19-15-23)28-20-16-25(17-21-28)7-4-3-6-24-10-12-26(13-11-24)8-5-9-29(30)22-31/h9,14-15,18-19,24-26,28H,2-8,10-13,16-17,20-21H2,1H3. The van der Waals surface area contributed by atoms with Crippen LogP contribution in [0.2, 0.25) is 0 Å². The van der Waals surface area contributed by atoms with Gasteiger partial charge in [-0.05, 0) is 85.8 Å². The molecule has 170 valence electrons. The number of nitrogens with zero attached hydrogens (tertiary/aromatic N) is 1. The van der Waals surface area contributed by atoms with Gasteiger partial charge in [0, 0.05) is 0 Å². The van der Waals surface area contributed by atoms with Crippen molar-refractivity contribution in [1.82, 2.24) is 0 Å². The van der Waals surface area contributed by atoms with Crippen molar-refractivity contribution in [1.29, 1.82) is 5.26 Å². The summed E-state index contributed by atoms with van der Waals surface area (Å²) in [7, 11) is 0. The van der Waals surface area contributed by atoms with Gasteiger partial charge in [-0.15, -0.1) is 0 Å². The fraction of sp³-hybridized carbons (Fsp3) is 0.690. The SMILES string of the molecule is CCc1ccc(C2CCC(CCCCC3CCC(CCC=C(F)C#N)CC3)CC2)cc1. The van der Waals surface area contributed by atoms with Crippen LogP contribution >= 0.6 is 0 Å². The number of allylic oxidation sites excluding steroid dienone is 2. The van der Waals surface area contributed by atoms with Crippen LogP contribution in [0, 0.1) is 29.1 Å². The van der Waals surface area contributed by atoms with E-state index in [1.54, 1.807) is 11.6 Å². The minimum absolute atomic E-state index is 0.618. The number of benzene rings is 1. The summed E-state index contributed by atoms with van der Waals surface area (Å²) in [5, 5.41) is 8.47. The minimum Gasteiger partial charge on any atom is -0.195 e. The first kappa shape index (κ1) is 24.0. The highest BCUT2D eigenvalue weighted by molar-refractivity contribution is 5.25. The van der Waals surface area contributed by atoms with Crippen LogP contribution in [0.4, 0.5) is 4.39 Å². The lowest BCUT2D eigenvalue weighted by Gasteiger charge is -2.30. The van der Waals surface area contributed by atoms with Crippen LogP contribution in [-0.4, -0.2) is 0 Å². The van der Waals surface area contributed by atoms with Crippen LogP contribution in [0.3, 0.4) is 0 Å². The third-order valence-electron chi connectivity index (χ3n) is 8.15. The molecule has 0 heterocycles. The maximum atomic E-state index is 12.9. The first-order valence-corrected chi connectivity index (χ1v) is 13.0. The molecule has 1 nitrogen and oxygen atoms in total. The quantitative estimate of drug-likeness (QED) is 0.272. The fourth-order valence-corrected chi connectivity index (χ4v) is 5.98. The molecule has 1 aromatic carbocycles. The van der Waals surface area contributed by atoms with E-state index in [-0.39, 0.29) is 0 Å². The van der Waals surface area contributed by atoms with Crippen molar-refractivity contribution in [2.45, 2.75) is 109 Å². The zero-order valence-electron chi connectivity index (χ0n) is 19.6. The Hall–Kier alpha value is -1.62. The number of hydrogen-bond donors (Lipinski definition) is 0. The van der Waals surface area contributed by atoms with Crippen molar-refractivity contribution in [3.63, 3.8) is 0 Å². The third-order valence-corrected chi connectivity index (χ3v) is 8.15. The zero-order chi connectivity index (χ0) is 21.9. The van der Waals surface area contributed by atoms with Gasteiger partial charge in [0.25, 0.3) is 0 Å². The van der Waals surface area contributed by atoms with Crippen LogP contribution in [0.15, 0.2) is 36.2 Å². The number of unbranched alkanes of at least 4 members (excludes halogenated alkanes) is 1. The van der Waals surface area contributed by atoms with Gasteiger partial charge in [-0.2, -0.15) is 9.65 Å². The predicted octanol–water partition coefficient (Wildman–Crippen LogP) is 9.05. The van der Waals surface area contributed by atoms with Gasteiger partial charge in [-0.1, -0.05) is 82.6 Å². The Morgan fingerprint density at radius 1 is 0.871 bits per heavy atom. The molecule has 3 rings (SSSR count). The Morgan fingerprint density at radius 3 is 1.90 bits per heavy atom. The summed E-state index contributed by atoms with van der Waals surface area (Å²) in [5.41, 5.74) is 3.02. The molecule has 0 spiro atoms. The molecular weight excluding hydrogens is 381 g/mol. The second-order valence-electron chi connectivity index (χ2n) is 10.2. The van der Waals surface area contributed by atoms with Gasteiger partial charge in [0.05, 0.1) is 0 Å². The van der Waals surface area contributed by atoms with Crippen LogP contribution in [0.1, 0.15) is 114 Å². The van der Waals surface area contributed by atoms with E-state index in [0.29, 0.717) is 0 Å². The molecule has 31 heavy (non-hydrogen) atoms. The van der Waals surface area contributed by atoms with Crippen molar-refractivity contribution in [3.05, 3.63) is 47.3 Å². The average Bonchev–Trinajstić information content (AvgIpc) is 2.83. The fourth-order valence-electron chi connectivity index (χ4n) is 5.98. The monoisotopic (exact) mass is 423 g/mol. The second kappa shape index (κ2) is 13.0. The summed E-state index contributed by atoms with van der Waals surface area (Å²) >= 11 is 0. The molecule has 0 N–H and O–H groups in total. The average molecular weight is 424 g/mol. The van der Waals surface area contributed by atoms with E-state index in [9.17, 15) is 4.39 Å². The lowest BCUT2D eigenvalue weighted by atomic mass is 9.76. The Kier molecular flexibility index (Phi) is 10.1. The van der Waals surface area contributed by atoms with Crippen molar-refractivity contribution in [2.75, 3.05) is 0 Å². The first-order chi connectivity index (χ1) is 15.2. The normalized spacial score (nSPS) is 27.1. The summed E-state index contributed by atoms with van der Waals surface area (Å²) in [4.78, 5) is 0. The minimum atomic E-state index is -0.618. The highest BCUT2D eigenvalue weighted by Gasteiger charge is 2.23. The molecule has 0 saturated heterocycles. The molecule has 0 atom stereocenters. The Morgan fingerprint density at radius 2 is 1.39 bits per heavy atom. The second-order valence-corrected chi connectivity index (χ2v) is 10.2. The van der Waals surface area contributed by atoms with E-state index < -0.39 is 5.83 Å². The summed E-state index contributed by atoms with van der Waals surface area (Å²) in [6, 6.07) is 11.0. The van der Waals surface area contributed by atoms with Crippen molar-refractivity contribution >= 4 is 0 Å². The number of hydrogen-bond acceptors (Lipinski definition) is 1. The van der Waals surface area contributed by atoms with Gasteiger partial charge in [0.15, 0.2) is 5.83 Å². The maximum Gasteiger partial charge on any atom is 0.196 e. The van der Waals surface area contributed by atoms with Gasteiger partial charge in [-0.25, -0.2) is 0 Å². The smallest absolute Gasteiger partial charge is 0.195 e. The topological polar surface area (TPSA) is 23.8 Å². The predicted molar refractivity (Wildman–Crippen MR) is 128 cm³/mol. The molecule has 0 radical (unpaired) electrons. The van der Waals surface area contributed by atoms with Crippen LogP contribution < -0.4 is 0 Å². The van der Waals surface area contributed by atoms with E-state index in [4.69, 9.17) is 5.26 Å². The van der Waals surface area contributed by atoms with E-state index in [1.807, 2.05) is 0 Å². The molecule has 2 aliphatic rings. The van der Waals surface area contributed by atoms with Gasteiger partial charge in [-0.3, -0.25) is 0 Å². The van der Waals surface area contributed by atoms with E-state index >= 15 is 0 Å². The Labute approximate surface area is 190 Å². The number of halogens is 1. The Balaban J connectivity index is 1.23. The van der Waals surface area contributed by atoms with Gasteiger partial charge in [0.1, 0.15) is 6.07 Å². The number of nitriles is 1. The van der Waals surface area contributed by atoms with Crippen LogP contribution in [-0.2, 0) is 6.42 Å². The molecule has 2 saturated carbocycles. The van der Waals surface area contributed by atoms with Gasteiger partial charge >= 0.3 is 0 Å². The molecule has 0 aromatic heterocycles. The van der Waals surface area contributed by atoms with E-state index in [2.05, 4.69) is 31.2 Å². The summed E-state index contributed by atoms with van der Waals surface area (Å²) < 4.78 is 12.9. The molecule has 2 aliphatic carbocycles. The molecule has 0 unspecified atom stereocenters. The van der Waals surface area contributed by atoms with Crippen molar-refractivity contribution in [2.24, 2.45) is 17.8 Å². The molecular formula is C29H42FN. The number of aryl methyl sites for hydroxylation is 1. The molecule has 2 fully saturated rings. The molecule has 0 bridgehead atoms. The molecule has 1 aromatic rings. The van der Waals surface area contributed by atoms with Crippen LogP contribution in [0.5, 0.6) is 0 Å². The first-order valence-electron chi connectivity index (χ1n) is 13.0. The van der Waals surface area contributed by atoms with Crippen LogP contribution in [0.25, 0.3) is 0 Å². The summed E-state index contributed by atoms with van der Waals surface area (Å²) in [5.74, 6) is 2.80. The highest BCUT2D eigenvalue weighted by Crippen LogP contribution is 2.38. The van der Waals surface area contributed by atoms with Crippen molar-refractivity contribution in [3.8, 4) is 6.07 Å². The van der Waals surface area contributed by atoms with Crippen molar-refractivity contribution < 1.29 is 4.39 Å². The lowest BCUT2D eigenvalue weighted by molar-refractivity contribution is 0.244. The molecule has 0 amide bonds. The third kappa shape index (κ3) is 8.10. The highest BCUT2D eigenvalue weighted by atomic mass is 19.1. The molecule has 2 heteroatoms. The largest absolute Gasteiger partial charge is 0.196 e.